The van der Waals surface area contributed by atoms with Gasteiger partial charge in [0.05, 0.1) is 11.9 Å². The van der Waals surface area contributed by atoms with Crippen LogP contribution in [0, 0.1) is 11.3 Å². The van der Waals surface area contributed by atoms with Gasteiger partial charge >= 0.3 is 5.82 Å². The molecule has 0 unspecified atom stereocenters. The number of carbonyl (C=O) groups excluding carboxylic acids is 1. The third kappa shape index (κ3) is 3.73. The second kappa shape index (κ2) is 8.09. The maximum atomic E-state index is 12.4. The summed E-state index contributed by atoms with van der Waals surface area (Å²) in [5, 5.41) is 21.5. The Labute approximate surface area is 178 Å². The van der Waals surface area contributed by atoms with Crippen molar-refractivity contribution in [3.8, 4) is 11.9 Å². The molecule has 3 heterocycles. The van der Waals surface area contributed by atoms with Gasteiger partial charge in [0.1, 0.15) is 23.4 Å². The molecular weight excluding hydrogens is 448 g/mol. The molecule has 0 aliphatic heterocycles. The van der Waals surface area contributed by atoms with Gasteiger partial charge in [-0.1, -0.05) is 12.1 Å². The number of hydrogen-bond acceptors (Lipinski definition) is 5. The number of aromatic nitrogens is 3. The molecule has 0 radical (unpaired) electrons. The predicted octanol–water partition coefficient (Wildman–Crippen LogP) is 3.66. The van der Waals surface area contributed by atoms with E-state index in [0.29, 0.717) is 27.2 Å². The number of rotatable bonds is 4. The van der Waals surface area contributed by atoms with Crippen LogP contribution in [-0.4, -0.2) is 21.7 Å². The summed E-state index contributed by atoms with van der Waals surface area (Å²) in [6.45, 7) is 0. The second-order valence-electron chi connectivity index (χ2n) is 6.04. The van der Waals surface area contributed by atoms with Crippen molar-refractivity contribution >= 4 is 50.0 Å². The first kappa shape index (κ1) is 19.2. The minimum atomic E-state index is -0.426. The topological polar surface area (TPSA) is 118 Å². The van der Waals surface area contributed by atoms with Gasteiger partial charge in [0.2, 0.25) is 5.52 Å². The number of allylic oxidation sites excluding steroid dienone is 1. The lowest BCUT2D eigenvalue weighted by atomic mass is 10.2. The molecule has 3 aromatic heterocycles. The molecule has 1 aromatic carbocycles. The summed E-state index contributed by atoms with van der Waals surface area (Å²) in [7, 11) is 0. The molecule has 0 bridgehead atoms. The third-order valence-electron chi connectivity index (χ3n) is 4.11. The molecule has 30 heavy (non-hydrogen) atoms. The number of benzene rings is 1. The van der Waals surface area contributed by atoms with E-state index in [0.717, 1.165) is 0 Å². The molecule has 0 fully saturated rings. The van der Waals surface area contributed by atoms with Crippen molar-refractivity contribution < 1.29 is 13.8 Å². The maximum Gasteiger partial charge on any atom is 0.356 e. The minimum Gasteiger partial charge on any atom is -0.762 e. The van der Waals surface area contributed by atoms with Gasteiger partial charge in [-0.05, 0) is 57.3 Å². The molecule has 4 rings (SSSR count). The Morgan fingerprint density at radius 1 is 1.13 bits per heavy atom. The monoisotopic (exact) mass is 458 g/mol. The fourth-order valence-electron chi connectivity index (χ4n) is 2.78. The van der Waals surface area contributed by atoms with Gasteiger partial charge in [0.15, 0.2) is 16.1 Å². The van der Waals surface area contributed by atoms with Gasteiger partial charge < -0.3 is 15.1 Å². The van der Waals surface area contributed by atoms with E-state index < -0.39 is 5.91 Å². The standard InChI is InChI=1S/C21H11BrN6O2/c22-18-8-7-17(30-18)21(29)25-14-4-3-9-28(12-14)20-19(13(10-23)11-24)26-15-5-1-2-6-16(15)27-20/h1-9,12H,(H,25,29). The first-order valence-electron chi connectivity index (χ1n) is 8.62. The summed E-state index contributed by atoms with van der Waals surface area (Å²) < 4.78 is 7.30. The number of carbonyl (C=O) groups is 1. The summed E-state index contributed by atoms with van der Waals surface area (Å²) in [6.07, 6.45) is 3.30. The van der Waals surface area contributed by atoms with Crippen molar-refractivity contribution in [1.82, 2.24) is 9.97 Å². The fourth-order valence-corrected chi connectivity index (χ4v) is 3.09. The van der Waals surface area contributed by atoms with Crippen molar-refractivity contribution in [3.63, 3.8) is 0 Å². The SMILES string of the molecule is N#CC(=C=[N-])c1nc2ccccc2nc1-[n+]1cccc(NC(=O)c2ccc(Br)o2)c1. The summed E-state index contributed by atoms with van der Waals surface area (Å²) >= 11 is 3.16. The number of halogens is 1. The highest BCUT2D eigenvalue weighted by atomic mass is 79.9. The van der Waals surface area contributed by atoms with E-state index in [9.17, 15) is 15.5 Å². The summed E-state index contributed by atoms with van der Waals surface area (Å²) in [6, 6.07) is 15.6. The Balaban J connectivity index is 1.79. The first-order valence-corrected chi connectivity index (χ1v) is 9.41. The lowest BCUT2D eigenvalue weighted by Crippen LogP contribution is -2.33. The Morgan fingerprint density at radius 2 is 1.90 bits per heavy atom. The largest absolute Gasteiger partial charge is 0.762 e. The molecule has 0 aliphatic rings. The second-order valence-corrected chi connectivity index (χ2v) is 6.82. The van der Waals surface area contributed by atoms with Crippen LogP contribution in [0.2, 0.25) is 0 Å². The third-order valence-corrected chi connectivity index (χ3v) is 4.54. The highest BCUT2D eigenvalue weighted by Gasteiger charge is 2.22. The number of amides is 1. The van der Waals surface area contributed by atoms with Gasteiger partial charge in [0, 0.05) is 0 Å². The highest BCUT2D eigenvalue weighted by molar-refractivity contribution is 9.10. The van der Waals surface area contributed by atoms with Crippen molar-refractivity contribution in [3.05, 3.63) is 82.5 Å². The van der Waals surface area contributed by atoms with Crippen molar-refractivity contribution in [2.24, 2.45) is 0 Å². The van der Waals surface area contributed by atoms with Crippen molar-refractivity contribution in [1.29, 1.82) is 5.26 Å². The number of pyridine rings is 1. The van der Waals surface area contributed by atoms with Crippen LogP contribution < -0.4 is 9.88 Å². The molecule has 0 saturated heterocycles. The first-order chi connectivity index (χ1) is 14.6. The number of anilines is 1. The van der Waals surface area contributed by atoms with E-state index in [4.69, 9.17) is 4.42 Å². The van der Waals surface area contributed by atoms with Gasteiger partial charge in [0.25, 0.3) is 5.91 Å². The van der Waals surface area contributed by atoms with Gasteiger partial charge in [-0.15, -0.1) is 0 Å². The minimum absolute atomic E-state index is 0.146. The molecule has 8 nitrogen and oxygen atoms in total. The van der Waals surface area contributed by atoms with Crippen molar-refractivity contribution in [2.75, 3.05) is 5.32 Å². The van der Waals surface area contributed by atoms with E-state index in [2.05, 4.69) is 31.2 Å². The Morgan fingerprint density at radius 3 is 2.57 bits per heavy atom. The van der Waals surface area contributed by atoms with E-state index in [1.54, 1.807) is 59.4 Å². The van der Waals surface area contributed by atoms with Crippen LogP contribution >= 0.6 is 15.9 Å². The number of nitrogens with zero attached hydrogens (tertiary/aromatic N) is 5. The number of furan rings is 1. The lowest BCUT2D eigenvalue weighted by molar-refractivity contribution is -0.599. The average molecular weight is 459 g/mol. The maximum absolute atomic E-state index is 12.4. The number of nitriles is 1. The van der Waals surface area contributed by atoms with E-state index in [1.807, 2.05) is 18.0 Å². The fraction of sp³-hybridized carbons (Fsp3) is 0. The smallest absolute Gasteiger partial charge is 0.356 e. The summed E-state index contributed by atoms with van der Waals surface area (Å²) in [5.74, 6) is 1.88. The normalized spacial score (nSPS) is 10.3. The zero-order valence-corrected chi connectivity index (χ0v) is 16.8. The number of hydrogen-bond donors (Lipinski definition) is 1. The summed E-state index contributed by atoms with van der Waals surface area (Å²) in [5.41, 5.74) is 1.63. The zero-order valence-electron chi connectivity index (χ0n) is 15.2. The predicted molar refractivity (Wildman–Crippen MR) is 113 cm³/mol. The van der Waals surface area contributed by atoms with Crippen LogP contribution in [0.4, 0.5) is 5.69 Å². The highest BCUT2D eigenvalue weighted by Crippen LogP contribution is 2.19. The quantitative estimate of drug-likeness (QED) is 0.284. The van der Waals surface area contributed by atoms with Gasteiger partial charge in [-0.2, -0.15) is 9.83 Å². The average Bonchev–Trinajstić information content (AvgIpc) is 3.21. The molecule has 0 atom stereocenters. The van der Waals surface area contributed by atoms with Crippen LogP contribution in [0.5, 0.6) is 0 Å². The zero-order chi connectivity index (χ0) is 21.1. The van der Waals surface area contributed by atoms with Crippen molar-refractivity contribution in [2.45, 2.75) is 0 Å². The number of fused-ring (bicyclic) bond motifs is 1. The number of para-hydroxylation sites is 2. The van der Waals surface area contributed by atoms with Crippen LogP contribution in [0.15, 0.2) is 70.0 Å². The molecule has 4 aromatic rings. The van der Waals surface area contributed by atoms with E-state index >= 15 is 0 Å². The Hall–Kier alpha value is -4.12. The molecule has 144 valence electrons. The van der Waals surface area contributed by atoms with E-state index in [1.165, 1.54) is 0 Å². The van der Waals surface area contributed by atoms with Gasteiger partial charge in [-0.25, -0.2) is 10.9 Å². The molecule has 1 amide bonds. The van der Waals surface area contributed by atoms with Crippen LogP contribution in [0.25, 0.3) is 27.8 Å². The Bertz CT molecular complexity index is 1380. The molecule has 9 heteroatoms. The molecule has 0 saturated carbocycles. The summed E-state index contributed by atoms with van der Waals surface area (Å²) in [4.78, 5) is 21.4. The lowest BCUT2D eigenvalue weighted by Gasteiger charge is -2.06. The molecular formula is C21H11BrN6O2. The van der Waals surface area contributed by atoms with Crippen LogP contribution in [0.3, 0.4) is 0 Å². The Kier molecular flexibility index (Phi) is 5.18. The number of nitrogens with one attached hydrogen (secondary N) is 1. The van der Waals surface area contributed by atoms with Gasteiger partial charge in [-0.3, -0.25) is 4.79 Å². The van der Waals surface area contributed by atoms with E-state index in [-0.39, 0.29) is 17.0 Å². The molecule has 0 spiro atoms. The van der Waals surface area contributed by atoms with Crippen LogP contribution in [-0.2, 0) is 0 Å². The molecule has 0 aliphatic carbocycles. The van der Waals surface area contributed by atoms with Crippen LogP contribution in [0.1, 0.15) is 16.2 Å². The molecule has 1 N–H and O–H groups in total.